The van der Waals surface area contributed by atoms with Crippen molar-refractivity contribution in [3.63, 3.8) is 0 Å². The summed E-state index contributed by atoms with van der Waals surface area (Å²) in [4.78, 5) is 15.0. The van der Waals surface area contributed by atoms with Gasteiger partial charge in [-0.2, -0.15) is 0 Å². The van der Waals surface area contributed by atoms with Crippen molar-refractivity contribution in [1.29, 1.82) is 0 Å². The van der Waals surface area contributed by atoms with E-state index in [1.165, 1.54) is 18.5 Å². The average molecular weight is 292 g/mol. The van der Waals surface area contributed by atoms with Gasteiger partial charge in [-0.15, -0.1) is 0 Å². The van der Waals surface area contributed by atoms with Crippen LogP contribution >= 0.6 is 0 Å². The Balaban J connectivity index is 1.87. The van der Waals surface area contributed by atoms with Crippen LogP contribution in [-0.4, -0.2) is 17.5 Å². The van der Waals surface area contributed by atoms with Crippen LogP contribution in [0.4, 0.5) is 8.78 Å². The van der Waals surface area contributed by atoms with Gasteiger partial charge in [0, 0.05) is 12.4 Å². The quantitative estimate of drug-likeness (QED) is 0.832. The van der Waals surface area contributed by atoms with Gasteiger partial charge in [-0.25, -0.2) is 8.78 Å². The maximum atomic E-state index is 13.0. The number of nitrogens with zero attached hydrogens (tertiary/aromatic N) is 1. The Hall–Kier alpha value is -2.50. The molecule has 0 saturated heterocycles. The van der Waals surface area contributed by atoms with Crippen molar-refractivity contribution in [3.05, 3.63) is 59.4 Å². The third-order valence-electron chi connectivity index (χ3n) is 2.90. The number of halogens is 2. The molecule has 0 aliphatic heterocycles. The van der Waals surface area contributed by atoms with Crippen LogP contribution in [0.1, 0.15) is 22.3 Å². The highest BCUT2D eigenvalue weighted by Crippen LogP contribution is 2.16. The van der Waals surface area contributed by atoms with Gasteiger partial charge in [0.2, 0.25) is 0 Å². The van der Waals surface area contributed by atoms with Crippen LogP contribution in [0.25, 0.3) is 0 Å². The minimum atomic E-state index is -0.863. The second kappa shape index (κ2) is 6.78. The smallest absolute Gasteiger partial charge is 0.254 e. The highest BCUT2D eigenvalue weighted by molar-refractivity contribution is 5.95. The van der Waals surface area contributed by atoms with E-state index in [4.69, 9.17) is 10.5 Å². The monoisotopic (exact) mass is 292 g/mol. The molecule has 110 valence electrons. The topological polar surface area (TPSA) is 65.2 Å². The van der Waals surface area contributed by atoms with E-state index in [0.717, 1.165) is 12.1 Å². The molecule has 1 heterocycles. The number of ether oxygens (including phenoxy) is 1. The first-order valence-corrected chi connectivity index (χ1v) is 6.38. The number of aryl methyl sites for hydroxylation is 1. The molecule has 0 spiro atoms. The van der Waals surface area contributed by atoms with Crippen LogP contribution in [0.5, 0.6) is 5.75 Å². The lowest BCUT2D eigenvalue weighted by molar-refractivity contribution is 0.0996. The first-order chi connectivity index (χ1) is 10.1. The number of benzene rings is 1. The summed E-state index contributed by atoms with van der Waals surface area (Å²) >= 11 is 0. The zero-order valence-electron chi connectivity index (χ0n) is 11.2. The zero-order chi connectivity index (χ0) is 15.2. The lowest BCUT2D eigenvalue weighted by atomic mass is 10.1. The molecule has 0 aliphatic rings. The molecule has 0 atom stereocenters. The Labute approximate surface area is 120 Å². The minimum Gasteiger partial charge on any atom is -0.493 e. The van der Waals surface area contributed by atoms with Gasteiger partial charge in [0.15, 0.2) is 11.6 Å². The highest BCUT2D eigenvalue weighted by atomic mass is 19.2. The molecule has 0 fully saturated rings. The van der Waals surface area contributed by atoms with Crippen LogP contribution in [0, 0.1) is 11.6 Å². The number of nitrogens with two attached hydrogens (primary N) is 1. The second-order valence-electron chi connectivity index (χ2n) is 4.44. The lowest BCUT2D eigenvalue weighted by Gasteiger charge is -2.09. The molecule has 0 aliphatic carbocycles. The van der Waals surface area contributed by atoms with Gasteiger partial charge < -0.3 is 10.5 Å². The summed E-state index contributed by atoms with van der Waals surface area (Å²) in [5, 5.41) is 0. The van der Waals surface area contributed by atoms with Crippen LogP contribution in [0.2, 0.25) is 0 Å². The number of carbonyl (C=O) groups excluding carboxylic acids is 1. The summed E-state index contributed by atoms with van der Waals surface area (Å²) in [6, 6.07) is 5.34. The fourth-order valence-corrected chi connectivity index (χ4v) is 1.85. The number of amides is 1. The SMILES string of the molecule is NC(=O)c1cnccc1OCCCc1ccc(F)c(F)c1. The second-order valence-corrected chi connectivity index (χ2v) is 4.44. The minimum absolute atomic E-state index is 0.213. The summed E-state index contributed by atoms with van der Waals surface area (Å²) in [6.07, 6.45) is 3.96. The molecule has 1 aromatic carbocycles. The molecule has 0 saturated carbocycles. The number of primary amides is 1. The van der Waals surface area contributed by atoms with E-state index in [9.17, 15) is 13.6 Å². The van der Waals surface area contributed by atoms with E-state index < -0.39 is 17.5 Å². The van der Waals surface area contributed by atoms with Gasteiger partial charge >= 0.3 is 0 Å². The molecular formula is C15H14F2N2O2. The summed E-state index contributed by atoms with van der Waals surface area (Å²) in [6.45, 7) is 0.323. The zero-order valence-corrected chi connectivity index (χ0v) is 11.2. The predicted octanol–water partition coefficient (Wildman–Crippen LogP) is 2.47. The molecule has 1 aromatic heterocycles. The molecule has 1 amide bonds. The Morgan fingerprint density at radius 1 is 1.24 bits per heavy atom. The third-order valence-corrected chi connectivity index (χ3v) is 2.90. The number of carbonyl (C=O) groups is 1. The van der Waals surface area contributed by atoms with Crippen molar-refractivity contribution in [2.24, 2.45) is 5.73 Å². The Bertz CT molecular complexity index is 647. The Morgan fingerprint density at radius 3 is 2.76 bits per heavy atom. The molecule has 4 nitrogen and oxygen atoms in total. The van der Waals surface area contributed by atoms with Gasteiger partial charge in [0.05, 0.1) is 12.2 Å². The highest BCUT2D eigenvalue weighted by Gasteiger charge is 2.09. The number of aromatic nitrogens is 1. The van der Waals surface area contributed by atoms with Gasteiger partial charge in [-0.3, -0.25) is 9.78 Å². The number of hydrogen-bond acceptors (Lipinski definition) is 3. The number of pyridine rings is 1. The van der Waals surface area contributed by atoms with Gasteiger partial charge in [0.25, 0.3) is 5.91 Å². The van der Waals surface area contributed by atoms with Crippen molar-refractivity contribution >= 4 is 5.91 Å². The molecule has 0 bridgehead atoms. The molecule has 2 N–H and O–H groups in total. The summed E-state index contributed by atoms with van der Waals surface area (Å²) < 4.78 is 31.3. The normalized spacial score (nSPS) is 10.4. The maximum absolute atomic E-state index is 13.0. The van der Waals surface area contributed by atoms with E-state index in [-0.39, 0.29) is 5.56 Å². The number of rotatable bonds is 6. The Morgan fingerprint density at radius 2 is 2.05 bits per heavy atom. The van der Waals surface area contributed by atoms with Gasteiger partial charge in [-0.1, -0.05) is 6.07 Å². The standard InChI is InChI=1S/C15H14F2N2O2/c16-12-4-3-10(8-13(12)17)2-1-7-21-14-5-6-19-9-11(14)15(18)20/h3-6,8-9H,1-2,7H2,(H2,18,20). The Kier molecular flexibility index (Phi) is 4.81. The molecule has 2 aromatic rings. The predicted molar refractivity (Wildman–Crippen MR) is 72.9 cm³/mol. The summed E-state index contributed by atoms with van der Waals surface area (Å²) in [5.74, 6) is -1.97. The third kappa shape index (κ3) is 3.98. The van der Waals surface area contributed by atoms with Crippen molar-refractivity contribution in [3.8, 4) is 5.75 Å². The maximum Gasteiger partial charge on any atom is 0.254 e. The lowest BCUT2D eigenvalue weighted by Crippen LogP contribution is -2.13. The van der Waals surface area contributed by atoms with Crippen molar-refractivity contribution in [1.82, 2.24) is 4.98 Å². The average Bonchev–Trinajstić information content (AvgIpc) is 2.47. The fraction of sp³-hybridized carbons (Fsp3) is 0.200. The molecule has 6 heteroatoms. The first kappa shape index (κ1) is 14.9. The number of hydrogen-bond donors (Lipinski definition) is 1. The molecular weight excluding hydrogens is 278 g/mol. The van der Waals surface area contributed by atoms with E-state index in [1.807, 2.05) is 0 Å². The molecule has 0 unspecified atom stereocenters. The van der Waals surface area contributed by atoms with E-state index in [1.54, 1.807) is 6.07 Å². The van der Waals surface area contributed by atoms with Crippen LogP contribution in [-0.2, 0) is 6.42 Å². The van der Waals surface area contributed by atoms with Gasteiger partial charge in [-0.05, 0) is 36.6 Å². The summed E-state index contributed by atoms with van der Waals surface area (Å²) in [5.41, 5.74) is 6.10. The first-order valence-electron chi connectivity index (χ1n) is 6.38. The van der Waals surface area contributed by atoms with Crippen molar-refractivity contribution in [2.45, 2.75) is 12.8 Å². The van der Waals surface area contributed by atoms with Crippen molar-refractivity contribution in [2.75, 3.05) is 6.61 Å². The fourth-order valence-electron chi connectivity index (χ4n) is 1.85. The summed E-state index contributed by atoms with van der Waals surface area (Å²) in [7, 11) is 0. The molecule has 21 heavy (non-hydrogen) atoms. The van der Waals surface area contributed by atoms with E-state index in [0.29, 0.717) is 30.8 Å². The molecule has 2 rings (SSSR count). The van der Waals surface area contributed by atoms with Crippen LogP contribution < -0.4 is 10.5 Å². The van der Waals surface area contributed by atoms with Crippen LogP contribution in [0.3, 0.4) is 0 Å². The van der Waals surface area contributed by atoms with Gasteiger partial charge in [0.1, 0.15) is 5.75 Å². The van der Waals surface area contributed by atoms with Crippen LogP contribution in [0.15, 0.2) is 36.7 Å². The largest absolute Gasteiger partial charge is 0.493 e. The van der Waals surface area contributed by atoms with Crippen molar-refractivity contribution < 1.29 is 18.3 Å². The molecule has 0 radical (unpaired) electrons. The van der Waals surface area contributed by atoms with E-state index in [2.05, 4.69) is 4.98 Å². The van der Waals surface area contributed by atoms with E-state index >= 15 is 0 Å².